The molecule has 0 bridgehead atoms. The van der Waals surface area contributed by atoms with E-state index in [-0.39, 0.29) is 23.7 Å². The maximum atomic E-state index is 12.4. The molecule has 3 heterocycles. The number of likely N-dealkylation sites (tertiary alicyclic amines) is 1. The van der Waals surface area contributed by atoms with Gasteiger partial charge < -0.3 is 15.0 Å². The van der Waals surface area contributed by atoms with Gasteiger partial charge in [0.05, 0.1) is 17.8 Å². The van der Waals surface area contributed by atoms with Crippen LogP contribution in [0.5, 0.6) is 0 Å². The van der Waals surface area contributed by atoms with Crippen molar-refractivity contribution in [1.29, 1.82) is 0 Å². The van der Waals surface area contributed by atoms with E-state index >= 15 is 0 Å². The molecule has 0 aliphatic carbocycles. The van der Waals surface area contributed by atoms with E-state index in [1.54, 1.807) is 16.8 Å². The van der Waals surface area contributed by atoms with Crippen molar-refractivity contribution in [2.45, 2.75) is 37.8 Å². The summed E-state index contributed by atoms with van der Waals surface area (Å²) in [6, 6.07) is 13.2. The summed E-state index contributed by atoms with van der Waals surface area (Å²) < 4.78 is 7.13. The third-order valence-corrected chi connectivity index (χ3v) is 5.50. The smallest absolute Gasteiger partial charge is 0.317 e. The number of hydrogen-bond donors (Lipinski definition) is 1. The van der Waals surface area contributed by atoms with Gasteiger partial charge in [-0.15, -0.1) is 0 Å². The lowest BCUT2D eigenvalue weighted by molar-refractivity contribution is 0.107. The van der Waals surface area contributed by atoms with Crippen LogP contribution in [0.4, 0.5) is 4.79 Å². The molecule has 7 nitrogen and oxygen atoms in total. The van der Waals surface area contributed by atoms with Gasteiger partial charge in [-0.25, -0.2) is 9.48 Å². The molecule has 1 N–H and O–H groups in total. The Hall–Kier alpha value is -2.67. The summed E-state index contributed by atoms with van der Waals surface area (Å²) in [5.41, 5.74) is 1.68. The number of benzene rings is 1. The van der Waals surface area contributed by atoms with Gasteiger partial charge in [0.1, 0.15) is 0 Å². The number of aromatic nitrogens is 2. The summed E-state index contributed by atoms with van der Waals surface area (Å²) in [4.78, 5) is 26.6. The second-order valence-electron chi connectivity index (χ2n) is 7.41. The third kappa shape index (κ3) is 4.25. The van der Waals surface area contributed by atoms with E-state index in [4.69, 9.17) is 4.74 Å². The Morgan fingerprint density at radius 3 is 2.61 bits per heavy atom. The van der Waals surface area contributed by atoms with Gasteiger partial charge in [0, 0.05) is 37.9 Å². The fourth-order valence-corrected chi connectivity index (χ4v) is 3.88. The lowest BCUT2D eigenvalue weighted by Gasteiger charge is -2.32. The second-order valence-corrected chi connectivity index (χ2v) is 7.41. The average Bonchev–Trinajstić information content (AvgIpc) is 3.27. The highest BCUT2D eigenvalue weighted by Gasteiger charge is 2.26. The van der Waals surface area contributed by atoms with Gasteiger partial charge in [0.2, 0.25) is 0 Å². The van der Waals surface area contributed by atoms with E-state index in [1.165, 1.54) is 0 Å². The topological polar surface area (TPSA) is 76.5 Å². The molecule has 7 heteroatoms. The van der Waals surface area contributed by atoms with Crippen LogP contribution in [0.2, 0.25) is 0 Å². The molecule has 1 aromatic heterocycles. The van der Waals surface area contributed by atoms with E-state index in [0.29, 0.717) is 19.6 Å². The number of carbonyl (C=O) groups is 1. The zero-order chi connectivity index (χ0) is 19.3. The Kier molecular flexibility index (Phi) is 5.71. The molecule has 0 spiro atoms. The van der Waals surface area contributed by atoms with Crippen molar-refractivity contribution >= 4 is 6.03 Å². The van der Waals surface area contributed by atoms with E-state index < -0.39 is 0 Å². The molecule has 1 atom stereocenters. The summed E-state index contributed by atoms with van der Waals surface area (Å²) in [6.45, 7) is 2.59. The molecule has 148 valence electrons. The molecular weight excluding hydrogens is 356 g/mol. The summed E-state index contributed by atoms with van der Waals surface area (Å²) in [6.07, 6.45) is 3.66. The van der Waals surface area contributed by atoms with Crippen molar-refractivity contribution in [3.05, 3.63) is 52.8 Å². The Labute approximate surface area is 164 Å². The highest BCUT2D eigenvalue weighted by molar-refractivity contribution is 5.74. The minimum atomic E-state index is -0.0963. The van der Waals surface area contributed by atoms with Crippen molar-refractivity contribution < 1.29 is 9.53 Å². The molecule has 2 aliphatic rings. The van der Waals surface area contributed by atoms with Crippen LogP contribution in [0, 0.1) is 0 Å². The maximum Gasteiger partial charge on any atom is 0.317 e. The number of rotatable bonds is 4. The largest absolute Gasteiger partial charge is 0.376 e. The second kappa shape index (κ2) is 8.56. The number of nitrogens with one attached hydrogen (secondary N) is 1. The Morgan fingerprint density at radius 2 is 1.89 bits per heavy atom. The van der Waals surface area contributed by atoms with Gasteiger partial charge in [0.15, 0.2) is 0 Å². The van der Waals surface area contributed by atoms with Crippen molar-refractivity contribution in [1.82, 2.24) is 20.0 Å². The van der Waals surface area contributed by atoms with E-state index in [0.717, 1.165) is 43.5 Å². The summed E-state index contributed by atoms with van der Waals surface area (Å²) >= 11 is 0. The molecule has 28 heavy (non-hydrogen) atoms. The van der Waals surface area contributed by atoms with Crippen molar-refractivity contribution in [2.75, 3.05) is 26.2 Å². The molecule has 0 saturated carbocycles. The van der Waals surface area contributed by atoms with Gasteiger partial charge in [-0.05, 0) is 31.7 Å². The standard InChI is InChI=1S/C21H26N4O3/c26-20-9-8-19(16-5-2-1-3-6-16)23-25(20)17-10-12-24(13-11-17)21(27)22-15-18-7-4-14-28-18/h1-3,5-6,8-9,17-18H,4,7,10-15H2,(H,22,27). The minimum absolute atomic E-state index is 0.0124. The van der Waals surface area contributed by atoms with Crippen LogP contribution < -0.4 is 10.9 Å². The van der Waals surface area contributed by atoms with E-state index in [2.05, 4.69) is 10.4 Å². The van der Waals surface area contributed by atoms with E-state index in [1.807, 2.05) is 35.2 Å². The first-order chi connectivity index (χ1) is 13.7. The highest BCUT2D eigenvalue weighted by atomic mass is 16.5. The van der Waals surface area contributed by atoms with Crippen molar-refractivity contribution in [3.8, 4) is 11.3 Å². The molecule has 2 saturated heterocycles. The lowest BCUT2D eigenvalue weighted by atomic mass is 10.1. The van der Waals surface area contributed by atoms with Gasteiger partial charge in [0.25, 0.3) is 5.56 Å². The van der Waals surface area contributed by atoms with E-state index in [9.17, 15) is 9.59 Å². The highest BCUT2D eigenvalue weighted by Crippen LogP contribution is 2.22. The van der Waals surface area contributed by atoms with Crippen LogP contribution in [-0.2, 0) is 4.74 Å². The SMILES string of the molecule is O=C(NCC1CCCO1)N1CCC(n2nc(-c3ccccc3)ccc2=O)CC1. The number of piperidine rings is 1. The number of nitrogens with zero attached hydrogens (tertiary/aromatic N) is 3. The summed E-state index contributed by atoms with van der Waals surface area (Å²) in [7, 11) is 0. The molecule has 0 radical (unpaired) electrons. The molecule has 1 aromatic carbocycles. The van der Waals surface area contributed by atoms with Gasteiger partial charge in [-0.3, -0.25) is 4.79 Å². The number of ether oxygens (including phenoxy) is 1. The van der Waals surface area contributed by atoms with Crippen LogP contribution in [0.3, 0.4) is 0 Å². The Balaban J connectivity index is 1.37. The molecule has 1 unspecified atom stereocenters. The normalized spacial score (nSPS) is 20.3. The Bertz CT molecular complexity index is 853. The number of amides is 2. The molecule has 2 fully saturated rings. The molecule has 2 aliphatic heterocycles. The van der Waals surface area contributed by atoms with Crippen molar-refractivity contribution in [2.24, 2.45) is 0 Å². The monoisotopic (exact) mass is 382 g/mol. The third-order valence-electron chi connectivity index (χ3n) is 5.50. The zero-order valence-corrected chi connectivity index (χ0v) is 15.9. The van der Waals surface area contributed by atoms with Crippen LogP contribution in [0.1, 0.15) is 31.7 Å². The first-order valence-electron chi connectivity index (χ1n) is 10.0. The van der Waals surface area contributed by atoms with Gasteiger partial charge >= 0.3 is 6.03 Å². The minimum Gasteiger partial charge on any atom is -0.376 e. The first kappa shape index (κ1) is 18.7. The summed E-state index contributed by atoms with van der Waals surface area (Å²) in [5.74, 6) is 0. The predicted octanol–water partition coefficient (Wildman–Crippen LogP) is 2.44. The molecular formula is C21H26N4O3. The predicted molar refractivity (Wildman–Crippen MR) is 106 cm³/mol. The quantitative estimate of drug-likeness (QED) is 0.881. The van der Waals surface area contributed by atoms with Crippen LogP contribution >= 0.6 is 0 Å². The zero-order valence-electron chi connectivity index (χ0n) is 15.9. The molecule has 2 amide bonds. The Morgan fingerprint density at radius 1 is 1.11 bits per heavy atom. The fourth-order valence-electron chi connectivity index (χ4n) is 3.88. The van der Waals surface area contributed by atoms with Crippen molar-refractivity contribution in [3.63, 3.8) is 0 Å². The van der Waals surface area contributed by atoms with Crippen LogP contribution in [0.25, 0.3) is 11.3 Å². The first-order valence-corrected chi connectivity index (χ1v) is 10.0. The van der Waals surface area contributed by atoms with Gasteiger partial charge in [-0.1, -0.05) is 30.3 Å². The van der Waals surface area contributed by atoms with Gasteiger partial charge in [-0.2, -0.15) is 5.10 Å². The maximum absolute atomic E-state index is 12.4. The molecule has 4 rings (SSSR count). The lowest BCUT2D eigenvalue weighted by Crippen LogP contribution is -2.47. The molecule has 2 aromatic rings. The van der Waals surface area contributed by atoms with Crippen LogP contribution in [-0.4, -0.2) is 53.1 Å². The number of carbonyl (C=O) groups excluding carboxylic acids is 1. The number of urea groups is 1. The number of hydrogen-bond acceptors (Lipinski definition) is 4. The van der Waals surface area contributed by atoms with Crippen LogP contribution in [0.15, 0.2) is 47.3 Å². The summed E-state index contributed by atoms with van der Waals surface area (Å²) in [5, 5.41) is 7.56. The fraction of sp³-hybridized carbons (Fsp3) is 0.476. The average molecular weight is 382 g/mol.